The maximum Gasteiger partial charge on any atom is 0.226 e. The molecular formula is C19H27BrN2O. The quantitative estimate of drug-likeness (QED) is 0.791. The second kappa shape index (κ2) is 8.29. The molecule has 0 saturated carbocycles. The minimum Gasteiger partial charge on any atom is -0.342 e. The van der Waals surface area contributed by atoms with Gasteiger partial charge in [0.2, 0.25) is 5.91 Å². The van der Waals surface area contributed by atoms with E-state index in [2.05, 4.69) is 50.0 Å². The van der Waals surface area contributed by atoms with Crippen LogP contribution in [0.1, 0.15) is 44.1 Å². The first-order chi connectivity index (χ1) is 11.2. The molecule has 2 aliphatic rings. The third-order valence-corrected chi connectivity index (χ3v) is 5.90. The number of hydrogen-bond acceptors (Lipinski definition) is 2. The van der Waals surface area contributed by atoms with Crippen LogP contribution in [0.4, 0.5) is 0 Å². The molecule has 1 aromatic rings. The van der Waals surface area contributed by atoms with Crippen LogP contribution in [0.15, 0.2) is 28.7 Å². The van der Waals surface area contributed by atoms with E-state index in [-0.39, 0.29) is 5.92 Å². The fourth-order valence-corrected chi connectivity index (χ4v) is 4.23. The van der Waals surface area contributed by atoms with E-state index < -0.39 is 0 Å². The Labute approximate surface area is 148 Å². The molecule has 2 heterocycles. The lowest BCUT2D eigenvalue weighted by Gasteiger charge is -2.35. The lowest BCUT2D eigenvalue weighted by molar-refractivity contribution is -0.137. The maximum atomic E-state index is 12.9. The van der Waals surface area contributed by atoms with Crippen LogP contribution in [-0.4, -0.2) is 41.9 Å². The van der Waals surface area contributed by atoms with Crippen molar-refractivity contribution < 1.29 is 4.79 Å². The van der Waals surface area contributed by atoms with Crippen LogP contribution in [0.2, 0.25) is 0 Å². The summed E-state index contributed by atoms with van der Waals surface area (Å²) in [5, 5.41) is 0. The normalized spacial score (nSPS) is 23.5. The summed E-state index contributed by atoms with van der Waals surface area (Å²) in [6, 6.07) is 8.41. The number of amides is 1. The Morgan fingerprint density at radius 2 is 1.78 bits per heavy atom. The first-order valence-electron chi connectivity index (χ1n) is 8.98. The molecule has 23 heavy (non-hydrogen) atoms. The molecule has 2 aliphatic heterocycles. The van der Waals surface area contributed by atoms with E-state index in [0.717, 1.165) is 45.6 Å². The lowest BCUT2D eigenvalue weighted by atomic mass is 9.96. The predicted molar refractivity (Wildman–Crippen MR) is 97.2 cm³/mol. The van der Waals surface area contributed by atoms with E-state index >= 15 is 0 Å². The van der Waals surface area contributed by atoms with Gasteiger partial charge < -0.3 is 4.90 Å². The molecule has 1 atom stereocenters. The molecular weight excluding hydrogens is 352 g/mol. The minimum absolute atomic E-state index is 0.198. The number of benzene rings is 1. The predicted octanol–water partition coefficient (Wildman–Crippen LogP) is 4.06. The Morgan fingerprint density at radius 1 is 1.04 bits per heavy atom. The van der Waals surface area contributed by atoms with Crippen molar-refractivity contribution in [3.8, 4) is 0 Å². The number of hydrogen-bond donors (Lipinski definition) is 0. The summed E-state index contributed by atoms with van der Waals surface area (Å²) in [5.74, 6) is 0.605. The van der Waals surface area contributed by atoms with Gasteiger partial charge in [-0.1, -0.05) is 47.0 Å². The van der Waals surface area contributed by atoms with Crippen molar-refractivity contribution in [2.24, 2.45) is 5.92 Å². The van der Waals surface area contributed by atoms with Gasteiger partial charge in [0.05, 0.1) is 5.92 Å². The largest absolute Gasteiger partial charge is 0.342 e. The molecule has 0 N–H and O–H groups in total. The highest BCUT2D eigenvalue weighted by Gasteiger charge is 2.29. The molecule has 0 radical (unpaired) electrons. The number of carbonyl (C=O) groups is 1. The standard InChI is InChI=1S/C19H27BrN2O/c20-18-10-4-3-8-16(18)14-21-11-7-9-17(15-21)19(23)22-12-5-1-2-6-13-22/h3-4,8,10,17H,1-2,5-7,9,11-15H2/t17-/m0/s1. The zero-order chi connectivity index (χ0) is 16.1. The van der Waals surface area contributed by atoms with Gasteiger partial charge in [0, 0.05) is 30.7 Å². The molecule has 0 spiro atoms. The molecule has 0 aromatic heterocycles. The van der Waals surface area contributed by atoms with E-state index in [1.165, 1.54) is 35.7 Å². The highest BCUT2D eigenvalue weighted by Crippen LogP contribution is 2.24. The van der Waals surface area contributed by atoms with Crippen molar-refractivity contribution >= 4 is 21.8 Å². The van der Waals surface area contributed by atoms with E-state index in [1.54, 1.807) is 0 Å². The Bertz CT molecular complexity index is 526. The molecule has 1 amide bonds. The topological polar surface area (TPSA) is 23.6 Å². The summed E-state index contributed by atoms with van der Waals surface area (Å²) >= 11 is 3.64. The summed E-state index contributed by atoms with van der Waals surface area (Å²) < 4.78 is 1.17. The molecule has 2 fully saturated rings. The lowest BCUT2D eigenvalue weighted by Crippen LogP contribution is -2.44. The summed E-state index contributed by atoms with van der Waals surface area (Å²) in [7, 11) is 0. The average molecular weight is 379 g/mol. The van der Waals surface area contributed by atoms with Crippen molar-refractivity contribution in [3.05, 3.63) is 34.3 Å². The van der Waals surface area contributed by atoms with Crippen LogP contribution in [0.5, 0.6) is 0 Å². The Hall–Kier alpha value is -0.870. The molecule has 126 valence electrons. The van der Waals surface area contributed by atoms with Gasteiger partial charge in [-0.05, 0) is 43.9 Å². The number of halogens is 1. The number of likely N-dealkylation sites (tertiary alicyclic amines) is 2. The second-order valence-electron chi connectivity index (χ2n) is 6.91. The van der Waals surface area contributed by atoms with Gasteiger partial charge >= 0.3 is 0 Å². The fourth-order valence-electron chi connectivity index (χ4n) is 3.82. The van der Waals surface area contributed by atoms with Crippen LogP contribution < -0.4 is 0 Å². The van der Waals surface area contributed by atoms with Gasteiger partial charge in [-0.2, -0.15) is 0 Å². The van der Waals surface area contributed by atoms with E-state index in [0.29, 0.717) is 5.91 Å². The van der Waals surface area contributed by atoms with E-state index in [9.17, 15) is 4.79 Å². The van der Waals surface area contributed by atoms with Crippen molar-refractivity contribution in [2.75, 3.05) is 26.2 Å². The van der Waals surface area contributed by atoms with Crippen LogP contribution in [0.25, 0.3) is 0 Å². The van der Waals surface area contributed by atoms with Crippen LogP contribution in [-0.2, 0) is 11.3 Å². The summed E-state index contributed by atoms with van der Waals surface area (Å²) in [6.45, 7) is 4.89. The first kappa shape index (κ1) is 17.0. The van der Waals surface area contributed by atoms with Crippen LogP contribution in [0, 0.1) is 5.92 Å². The van der Waals surface area contributed by atoms with Gasteiger partial charge in [-0.3, -0.25) is 9.69 Å². The number of rotatable bonds is 3. The number of nitrogens with zero attached hydrogens (tertiary/aromatic N) is 2. The van der Waals surface area contributed by atoms with Crippen LogP contribution in [0.3, 0.4) is 0 Å². The van der Waals surface area contributed by atoms with Crippen molar-refractivity contribution in [3.63, 3.8) is 0 Å². The van der Waals surface area contributed by atoms with Crippen molar-refractivity contribution in [1.82, 2.24) is 9.80 Å². The SMILES string of the molecule is O=C([C@H]1CCCN(Cc2ccccc2Br)C1)N1CCCCCC1. The highest BCUT2D eigenvalue weighted by atomic mass is 79.9. The molecule has 0 aliphatic carbocycles. The molecule has 3 rings (SSSR count). The molecule has 2 saturated heterocycles. The Kier molecular flexibility index (Phi) is 6.12. The summed E-state index contributed by atoms with van der Waals surface area (Å²) in [4.78, 5) is 17.4. The maximum absolute atomic E-state index is 12.9. The van der Waals surface area contributed by atoms with E-state index in [1.807, 2.05) is 0 Å². The third-order valence-electron chi connectivity index (χ3n) is 5.12. The second-order valence-corrected chi connectivity index (χ2v) is 7.76. The zero-order valence-electron chi connectivity index (χ0n) is 13.8. The van der Waals surface area contributed by atoms with Gasteiger partial charge in [-0.15, -0.1) is 0 Å². The molecule has 3 nitrogen and oxygen atoms in total. The molecule has 0 unspecified atom stereocenters. The summed E-state index contributed by atoms with van der Waals surface area (Å²) in [6.07, 6.45) is 7.11. The Balaban J connectivity index is 1.59. The average Bonchev–Trinajstić information content (AvgIpc) is 2.86. The highest BCUT2D eigenvalue weighted by molar-refractivity contribution is 9.10. The Morgan fingerprint density at radius 3 is 2.52 bits per heavy atom. The van der Waals surface area contributed by atoms with Gasteiger partial charge in [-0.25, -0.2) is 0 Å². The third kappa shape index (κ3) is 4.57. The summed E-state index contributed by atoms with van der Waals surface area (Å²) in [5.41, 5.74) is 1.32. The molecule has 1 aromatic carbocycles. The smallest absolute Gasteiger partial charge is 0.226 e. The van der Waals surface area contributed by atoms with Gasteiger partial charge in [0.25, 0.3) is 0 Å². The number of piperidine rings is 1. The van der Waals surface area contributed by atoms with Crippen molar-refractivity contribution in [1.29, 1.82) is 0 Å². The van der Waals surface area contributed by atoms with Gasteiger partial charge in [0.15, 0.2) is 0 Å². The van der Waals surface area contributed by atoms with Gasteiger partial charge in [0.1, 0.15) is 0 Å². The minimum atomic E-state index is 0.198. The van der Waals surface area contributed by atoms with E-state index in [4.69, 9.17) is 0 Å². The number of carbonyl (C=O) groups excluding carboxylic acids is 1. The molecule has 0 bridgehead atoms. The molecule has 4 heteroatoms. The first-order valence-corrected chi connectivity index (χ1v) is 9.78. The fraction of sp³-hybridized carbons (Fsp3) is 0.632. The zero-order valence-corrected chi connectivity index (χ0v) is 15.4. The van der Waals surface area contributed by atoms with Crippen LogP contribution >= 0.6 is 15.9 Å². The van der Waals surface area contributed by atoms with Crippen molar-refractivity contribution in [2.45, 2.75) is 45.1 Å². The monoisotopic (exact) mass is 378 g/mol.